The van der Waals surface area contributed by atoms with E-state index < -0.39 is 12.2 Å². The SMILES string of the molecule is CSc1nc(Cl)c(C(O)C[C@@H]2CCN(Cc3ccccc3)CCN2C(=O)O)c(Cl)n1. The summed E-state index contributed by atoms with van der Waals surface area (Å²) in [6.45, 7) is 2.47. The van der Waals surface area contributed by atoms with Crippen LogP contribution in [0.3, 0.4) is 0 Å². The summed E-state index contributed by atoms with van der Waals surface area (Å²) in [6.07, 6.45) is 0.505. The van der Waals surface area contributed by atoms with Gasteiger partial charge in [-0.2, -0.15) is 0 Å². The highest BCUT2D eigenvalue weighted by atomic mass is 35.5. The number of halogens is 2. The Bertz CT molecular complexity index is 851. The molecule has 1 aromatic carbocycles. The molecule has 2 N–H and O–H groups in total. The molecule has 162 valence electrons. The Labute approximate surface area is 190 Å². The van der Waals surface area contributed by atoms with Crippen LogP contribution in [0.5, 0.6) is 0 Å². The fourth-order valence-electron chi connectivity index (χ4n) is 3.67. The molecular weight excluding hydrogens is 447 g/mol. The lowest BCUT2D eigenvalue weighted by Crippen LogP contribution is -2.41. The standard InChI is InChI=1S/C20H24Cl2N4O3S/c1-30-19-23-17(21)16(18(22)24-19)15(27)11-14-7-8-25(9-10-26(14)20(28)29)12-13-5-3-2-4-6-13/h2-6,14-15,27H,7-12H2,1H3,(H,28,29)/t14-,15?/m0/s1. The number of benzene rings is 1. The van der Waals surface area contributed by atoms with Crippen molar-refractivity contribution in [1.82, 2.24) is 19.8 Å². The van der Waals surface area contributed by atoms with Gasteiger partial charge in [-0.25, -0.2) is 14.8 Å². The first-order valence-corrected chi connectivity index (χ1v) is 11.6. The minimum atomic E-state index is -1.06. The van der Waals surface area contributed by atoms with E-state index in [0.717, 1.165) is 13.1 Å². The first kappa shape index (κ1) is 23.1. The van der Waals surface area contributed by atoms with Gasteiger partial charge < -0.3 is 15.1 Å². The van der Waals surface area contributed by atoms with Crippen molar-refractivity contribution in [1.29, 1.82) is 0 Å². The van der Waals surface area contributed by atoms with Crippen LogP contribution < -0.4 is 0 Å². The largest absolute Gasteiger partial charge is 0.465 e. The molecule has 2 atom stereocenters. The Kier molecular flexibility index (Phi) is 8.19. The number of hydrogen-bond donors (Lipinski definition) is 2. The van der Waals surface area contributed by atoms with E-state index in [0.29, 0.717) is 24.7 Å². The molecule has 1 saturated heterocycles. The van der Waals surface area contributed by atoms with E-state index >= 15 is 0 Å². The number of nitrogens with zero attached hydrogens (tertiary/aromatic N) is 4. The topological polar surface area (TPSA) is 89.8 Å². The summed E-state index contributed by atoms with van der Waals surface area (Å²) in [5.74, 6) is 0. The quantitative estimate of drug-likeness (QED) is 0.371. The second-order valence-electron chi connectivity index (χ2n) is 7.14. The van der Waals surface area contributed by atoms with Gasteiger partial charge in [-0.05, 0) is 24.7 Å². The van der Waals surface area contributed by atoms with Crippen molar-refractivity contribution in [2.45, 2.75) is 36.7 Å². The lowest BCUT2D eigenvalue weighted by atomic mass is 10.0. The molecule has 0 aliphatic carbocycles. The maximum atomic E-state index is 11.9. The Balaban J connectivity index is 1.72. The van der Waals surface area contributed by atoms with E-state index in [2.05, 4.69) is 27.0 Å². The summed E-state index contributed by atoms with van der Waals surface area (Å²) in [5.41, 5.74) is 1.43. The first-order valence-electron chi connectivity index (χ1n) is 9.60. The highest BCUT2D eigenvalue weighted by molar-refractivity contribution is 7.98. The van der Waals surface area contributed by atoms with Gasteiger partial charge in [0.2, 0.25) is 0 Å². The molecule has 0 spiro atoms. The van der Waals surface area contributed by atoms with Crippen LogP contribution in [0.2, 0.25) is 10.3 Å². The summed E-state index contributed by atoms with van der Waals surface area (Å²) in [6, 6.07) is 9.71. The number of amides is 1. The van der Waals surface area contributed by atoms with Gasteiger partial charge >= 0.3 is 6.09 Å². The summed E-state index contributed by atoms with van der Waals surface area (Å²) in [5, 5.41) is 21.1. The molecule has 1 unspecified atom stereocenters. The second kappa shape index (κ2) is 10.6. The van der Waals surface area contributed by atoms with E-state index in [9.17, 15) is 15.0 Å². The number of thioether (sulfide) groups is 1. The molecule has 1 aliphatic heterocycles. The molecule has 1 amide bonds. The number of carboxylic acid groups (broad SMARTS) is 1. The summed E-state index contributed by atoms with van der Waals surface area (Å²) in [4.78, 5) is 23.8. The summed E-state index contributed by atoms with van der Waals surface area (Å²) in [7, 11) is 0. The van der Waals surface area contributed by atoms with Gasteiger partial charge in [0.15, 0.2) is 5.16 Å². The molecule has 30 heavy (non-hydrogen) atoms. The van der Waals surface area contributed by atoms with Crippen molar-refractivity contribution in [3.05, 3.63) is 51.8 Å². The van der Waals surface area contributed by atoms with E-state index in [1.807, 2.05) is 18.2 Å². The van der Waals surface area contributed by atoms with Crippen molar-refractivity contribution in [3.63, 3.8) is 0 Å². The van der Waals surface area contributed by atoms with Crippen molar-refractivity contribution >= 4 is 41.1 Å². The Morgan fingerprint density at radius 3 is 2.47 bits per heavy atom. The molecule has 10 heteroatoms. The maximum absolute atomic E-state index is 11.9. The molecule has 1 aliphatic rings. The van der Waals surface area contributed by atoms with Gasteiger partial charge in [0.25, 0.3) is 0 Å². The fourth-order valence-corrected chi connectivity index (χ4v) is 4.77. The number of aromatic nitrogens is 2. The van der Waals surface area contributed by atoms with Gasteiger partial charge in [0.1, 0.15) is 10.3 Å². The molecule has 2 aromatic rings. The monoisotopic (exact) mass is 470 g/mol. The van der Waals surface area contributed by atoms with Crippen LogP contribution in [0.15, 0.2) is 35.5 Å². The fraction of sp³-hybridized carbons (Fsp3) is 0.450. The lowest BCUT2D eigenvalue weighted by molar-refractivity contribution is 0.0914. The number of aliphatic hydroxyl groups is 1. The maximum Gasteiger partial charge on any atom is 0.407 e. The van der Waals surface area contributed by atoms with Crippen molar-refractivity contribution < 1.29 is 15.0 Å². The van der Waals surface area contributed by atoms with Gasteiger partial charge in [0, 0.05) is 32.2 Å². The van der Waals surface area contributed by atoms with Crippen molar-refractivity contribution in [2.24, 2.45) is 0 Å². The van der Waals surface area contributed by atoms with E-state index in [1.54, 1.807) is 6.26 Å². The highest BCUT2D eigenvalue weighted by Crippen LogP contribution is 2.33. The number of carbonyl (C=O) groups is 1. The number of aliphatic hydroxyl groups excluding tert-OH is 1. The molecule has 7 nitrogen and oxygen atoms in total. The molecule has 0 saturated carbocycles. The van der Waals surface area contributed by atoms with Crippen LogP contribution in [0.1, 0.15) is 30.1 Å². The van der Waals surface area contributed by atoms with Crippen LogP contribution in [0, 0.1) is 0 Å². The van der Waals surface area contributed by atoms with Crippen LogP contribution in [0.4, 0.5) is 4.79 Å². The van der Waals surface area contributed by atoms with Gasteiger partial charge in [0.05, 0.1) is 11.7 Å². The lowest BCUT2D eigenvalue weighted by Gasteiger charge is -2.29. The molecule has 2 heterocycles. The van der Waals surface area contributed by atoms with E-state index in [1.165, 1.54) is 22.2 Å². The zero-order valence-electron chi connectivity index (χ0n) is 16.5. The third-order valence-corrected chi connectivity index (χ3v) is 6.34. The minimum absolute atomic E-state index is 0.0908. The predicted molar refractivity (Wildman–Crippen MR) is 118 cm³/mol. The Hall–Kier alpha value is -1.58. The van der Waals surface area contributed by atoms with Crippen LogP contribution in [-0.2, 0) is 6.54 Å². The average Bonchev–Trinajstić information content (AvgIpc) is 2.90. The molecule has 3 rings (SSSR count). The Morgan fingerprint density at radius 1 is 1.20 bits per heavy atom. The predicted octanol–water partition coefficient (Wildman–Crippen LogP) is 4.18. The molecule has 1 aromatic heterocycles. The molecule has 0 radical (unpaired) electrons. The Morgan fingerprint density at radius 2 is 1.87 bits per heavy atom. The smallest absolute Gasteiger partial charge is 0.407 e. The third kappa shape index (κ3) is 5.76. The highest BCUT2D eigenvalue weighted by Gasteiger charge is 2.31. The first-order chi connectivity index (χ1) is 14.4. The van der Waals surface area contributed by atoms with Crippen LogP contribution >= 0.6 is 35.0 Å². The van der Waals surface area contributed by atoms with Crippen LogP contribution in [0.25, 0.3) is 0 Å². The number of hydrogen-bond acceptors (Lipinski definition) is 6. The van der Waals surface area contributed by atoms with Crippen molar-refractivity contribution in [3.8, 4) is 0 Å². The molecule has 1 fully saturated rings. The van der Waals surface area contributed by atoms with Gasteiger partial charge in [-0.3, -0.25) is 4.90 Å². The van der Waals surface area contributed by atoms with Gasteiger partial charge in [-0.15, -0.1) is 0 Å². The zero-order chi connectivity index (χ0) is 21.7. The third-order valence-electron chi connectivity index (χ3n) is 5.21. The summed E-state index contributed by atoms with van der Waals surface area (Å²) >= 11 is 13.7. The van der Waals surface area contributed by atoms with Crippen molar-refractivity contribution in [2.75, 3.05) is 25.9 Å². The second-order valence-corrected chi connectivity index (χ2v) is 8.63. The van der Waals surface area contributed by atoms with E-state index in [-0.39, 0.29) is 28.3 Å². The molecular formula is C20H24Cl2N4O3S. The minimum Gasteiger partial charge on any atom is -0.465 e. The molecule has 0 bridgehead atoms. The zero-order valence-corrected chi connectivity index (χ0v) is 18.9. The summed E-state index contributed by atoms with van der Waals surface area (Å²) < 4.78 is 0. The number of rotatable bonds is 6. The van der Waals surface area contributed by atoms with Gasteiger partial charge in [-0.1, -0.05) is 65.3 Å². The van der Waals surface area contributed by atoms with Crippen LogP contribution in [-0.4, -0.2) is 68.0 Å². The van der Waals surface area contributed by atoms with E-state index in [4.69, 9.17) is 23.2 Å². The average molecular weight is 471 g/mol. The normalized spacial score (nSPS) is 18.8.